The van der Waals surface area contributed by atoms with Gasteiger partial charge >= 0.3 is 5.97 Å². The molecule has 2 saturated carbocycles. The molecule has 0 aromatic carbocycles. The molecule has 2 aliphatic carbocycles. The van der Waals surface area contributed by atoms with Gasteiger partial charge < -0.3 is 10.2 Å². The van der Waals surface area contributed by atoms with Crippen LogP contribution in [0.2, 0.25) is 0 Å². The predicted octanol–water partition coefficient (Wildman–Crippen LogP) is 4.87. The largest absolute Gasteiger partial charge is 0.481 e. The lowest BCUT2D eigenvalue weighted by molar-refractivity contribution is -0.170. The minimum atomic E-state index is -0.712. The average Bonchev–Trinajstić information content (AvgIpc) is 2.34. The molecule has 134 valence electrons. The molecule has 5 atom stereocenters. The van der Waals surface area contributed by atoms with Crippen LogP contribution in [0.15, 0.2) is 0 Å². The van der Waals surface area contributed by atoms with Crippen LogP contribution in [0, 0.1) is 28.6 Å². The Morgan fingerprint density at radius 1 is 1.17 bits per heavy atom. The van der Waals surface area contributed by atoms with E-state index in [1.54, 1.807) is 0 Å². The van der Waals surface area contributed by atoms with Gasteiger partial charge in [-0.3, -0.25) is 4.79 Å². The minimum absolute atomic E-state index is 0.184. The van der Waals surface area contributed by atoms with Gasteiger partial charge in [0.2, 0.25) is 0 Å². The molecule has 0 aliphatic heterocycles. The van der Waals surface area contributed by atoms with E-state index in [1.807, 2.05) is 13.8 Å². The Kier molecular flexibility index (Phi) is 5.21. The third kappa shape index (κ3) is 3.75. The smallest absolute Gasteiger partial charge is 0.303 e. The van der Waals surface area contributed by atoms with Crippen LogP contribution in [0.25, 0.3) is 0 Å². The highest BCUT2D eigenvalue weighted by atomic mass is 16.4. The van der Waals surface area contributed by atoms with Gasteiger partial charge in [0.25, 0.3) is 0 Å². The number of hydrogen-bond donors (Lipinski definition) is 2. The van der Waals surface area contributed by atoms with Gasteiger partial charge in [-0.15, -0.1) is 0 Å². The molecule has 0 heterocycles. The fraction of sp³-hybridized carbons (Fsp3) is 0.950. The van der Waals surface area contributed by atoms with Crippen LogP contribution >= 0.6 is 0 Å². The lowest BCUT2D eigenvalue weighted by Gasteiger charge is -2.61. The molecule has 3 nitrogen and oxygen atoms in total. The van der Waals surface area contributed by atoms with Gasteiger partial charge in [0.1, 0.15) is 0 Å². The highest BCUT2D eigenvalue weighted by Crippen LogP contribution is 2.63. The summed E-state index contributed by atoms with van der Waals surface area (Å²) in [7, 11) is 0. The van der Waals surface area contributed by atoms with Crippen LogP contribution in [0.5, 0.6) is 0 Å². The summed E-state index contributed by atoms with van der Waals surface area (Å²) >= 11 is 0. The molecule has 3 heteroatoms. The monoisotopic (exact) mass is 324 g/mol. The first kappa shape index (κ1) is 18.8. The Balaban J connectivity index is 2.17. The Hall–Kier alpha value is -0.570. The second-order valence-electron chi connectivity index (χ2n) is 9.63. The molecule has 0 radical (unpaired) electrons. The molecule has 0 aromatic rings. The third-order valence-corrected chi connectivity index (χ3v) is 7.23. The van der Waals surface area contributed by atoms with Crippen LogP contribution in [0.1, 0.15) is 86.0 Å². The van der Waals surface area contributed by atoms with Crippen LogP contribution in [0.4, 0.5) is 0 Å². The van der Waals surface area contributed by atoms with E-state index in [0.717, 1.165) is 25.7 Å². The lowest BCUT2D eigenvalue weighted by Crippen LogP contribution is -2.57. The Morgan fingerprint density at radius 3 is 2.43 bits per heavy atom. The second kappa shape index (κ2) is 6.38. The molecule has 0 bridgehead atoms. The van der Waals surface area contributed by atoms with Crippen molar-refractivity contribution in [2.75, 3.05) is 0 Å². The SMILES string of the molecule is C[C@@H](CC[C@@H]1[C@@]2(C)CCCC(C)(C)C2CC[C@@]1(C)O)CC(=O)O. The van der Waals surface area contributed by atoms with Crippen LogP contribution in [0.3, 0.4) is 0 Å². The Labute approximate surface area is 141 Å². The zero-order valence-electron chi connectivity index (χ0n) is 15.7. The molecule has 0 amide bonds. The Morgan fingerprint density at radius 2 is 1.83 bits per heavy atom. The standard InChI is InChI=1S/C20H36O3/c1-14(13-17(21)22)7-8-16-19(4)11-6-10-18(2,3)15(19)9-12-20(16,5)23/h14-16,23H,6-13H2,1-5H3,(H,21,22)/t14-,15?,16+,19-,20+/m0/s1. The molecule has 0 spiro atoms. The van der Waals surface area contributed by atoms with Gasteiger partial charge in [0, 0.05) is 6.42 Å². The van der Waals surface area contributed by atoms with E-state index in [0.29, 0.717) is 11.3 Å². The molecule has 2 fully saturated rings. The highest BCUT2D eigenvalue weighted by molar-refractivity contribution is 5.66. The number of carbonyl (C=O) groups is 1. The fourth-order valence-corrected chi connectivity index (χ4v) is 6.12. The first-order valence-corrected chi connectivity index (χ1v) is 9.43. The van der Waals surface area contributed by atoms with Crippen molar-refractivity contribution in [1.82, 2.24) is 0 Å². The van der Waals surface area contributed by atoms with Crippen molar-refractivity contribution >= 4 is 5.97 Å². The van der Waals surface area contributed by atoms with Crippen molar-refractivity contribution < 1.29 is 15.0 Å². The second-order valence-corrected chi connectivity index (χ2v) is 9.63. The molecule has 1 unspecified atom stereocenters. The molecular weight excluding hydrogens is 288 g/mol. The van der Waals surface area contributed by atoms with Crippen molar-refractivity contribution in [2.45, 2.75) is 91.6 Å². The van der Waals surface area contributed by atoms with Crippen LogP contribution in [-0.2, 0) is 4.79 Å². The number of fused-ring (bicyclic) bond motifs is 1. The summed E-state index contributed by atoms with van der Waals surface area (Å²) in [5.41, 5.74) is -0.0670. The summed E-state index contributed by atoms with van der Waals surface area (Å²) in [5.74, 6) is 0.424. The molecular formula is C20H36O3. The lowest BCUT2D eigenvalue weighted by atomic mass is 9.45. The quantitative estimate of drug-likeness (QED) is 0.758. The normalized spacial score (nSPS) is 41.1. The molecule has 23 heavy (non-hydrogen) atoms. The average molecular weight is 325 g/mol. The van der Waals surface area contributed by atoms with Gasteiger partial charge in [-0.25, -0.2) is 0 Å². The van der Waals surface area contributed by atoms with Crippen molar-refractivity contribution in [3.8, 4) is 0 Å². The van der Waals surface area contributed by atoms with Gasteiger partial charge in [0.05, 0.1) is 5.60 Å². The third-order valence-electron chi connectivity index (χ3n) is 7.23. The summed E-state index contributed by atoms with van der Waals surface area (Å²) in [6.45, 7) is 11.2. The van der Waals surface area contributed by atoms with E-state index >= 15 is 0 Å². The maximum atomic E-state index is 11.1. The van der Waals surface area contributed by atoms with Gasteiger partial charge in [0.15, 0.2) is 0 Å². The van der Waals surface area contributed by atoms with Crippen LogP contribution in [-0.4, -0.2) is 21.8 Å². The molecule has 2 aliphatic rings. The van der Waals surface area contributed by atoms with Crippen molar-refractivity contribution in [2.24, 2.45) is 28.6 Å². The number of carboxylic acid groups (broad SMARTS) is 1. The van der Waals surface area contributed by atoms with E-state index < -0.39 is 11.6 Å². The number of aliphatic hydroxyl groups is 1. The van der Waals surface area contributed by atoms with Gasteiger partial charge in [-0.1, -0.05) is 34.1 Å². The van der Waals surface area contributed by atoms with Crippen molar-refractivity contribution in [3.05, 3.63) is 0 Å². The van der Waals surface area contributed by atoms with E-state index in [1.165, 1.54) is 19.3 Å². The fourth-order valence-electron chi connectivity index (χ4n) is 6.12. The highest BCUT2D eigenvalue weighted by Gasteiger charge is 2.57. The molecule has 2 rings (SSSR count). The first-order valence-electron chi connectivity index (χ1n) is 9.43. The zero-order chi connectivity index (χ0) is 17.5. The zero-order valence-corrected chi connectivity index (χ0v) is 15.7. The van der Waals surface area contributed by atoms with Crippen molar-refractivity contribution in [3.63, 3.8) is 0 Å². The summed E-state index contributed by atoms with van der Waals surface area (Å²) in [4.78, 5) is 10.9. The van der Waals surface area contributed by atoms with Gasteiger partial charge in [-0.05, 0) is 74.0 Å². The minimum Gasteiger partial charge on any atom is -0.481 e. The predicted molar refractivity (Wildman–Crippen MR) is 93.2 cm³/mol. The number of aliphatic carboxylic acids is 1. The number of rotatable bonds is 5. The van der Waals surface area contributed by atoms with E-state index in [9.17, 15) is 9.90 Å². The van der Waals surface area contributed by atoms with Crippen molar-refractivity contribution in [1.29, 1.82) is 0 Å². The Bertz CT molecular complexity index is 440. The topological polar surface area (TPSA) is 57.5 Å². The number of hydrogen-bond acceptors (Lipinski definition) is 2. The molecule has 0 saturated heterocycles. The maximum Gasteiger partial charge on any atom is 0.303 e. The first-order chi connectivity index (χ1) is 10.5. The van der Waals surface area contributed by atoms with E-state index in [2.05, 4.69) is 20.8 Å². The summed E-state index contributed by atoms with van der Waals surface area (Å²) in [6.07, 6.45) is 7.83. The number of carboxylic acids is 1. The molecule has 2 N–H and O–H groups in total. The molecule has 0 aromatic heterocycles. The van der Waals surface area contributed by atoms with E-state index in [-0.39, 0.29) is 23.7 Å². The van der Waals surface area contributed by atoms with Crippen LogP contribution < -0.4 is 0 Å². The summed E-state index contributed by atoms with van der Waals surface area (Å²) in [5, 5.41) is 20.1. The summed E-state index contributed by atoms with van der Waals surface area (Å²) < 4.78 is 0. The summed E-state index contributed by atoms with van der Waals surface area (Å²) in [6, 6.07) is 0. The van der Waals surface area contributed by atoms with E-state index in [4.69, 9.17) is 5.11 Å². The van der Waals surface area contributed by atoms with Gasteiger partial charge in [-0.2, -0.15) is 0 Å². The maximum absolute atomic E-state index is 11.1.